The topological polar surface area (TPSA) is 85.9 Å². The van der Waals surface area contributed by atoms with Gasteiger partial charge in [-0.15, -0.1) is 13.2 Å². The molecule has 0 aliphatic rings. The van der Waals surface area contributed by atoms with Gasteiger partial charge in [0.15, 0.2) is 11.5 Å². The summed E-state index contributed by atoms with van der Waals surface area (Å²) in [5, 5.41) is 4.77. The largest absolute Gasteiger partial charge is 0.573 e. The Morgan fingerprint density at radius 1 is 1.00 bits per heavy atom. The molecule has 0 saturated heterocycles. The molecule has 0 aliphatic carbocycles. The third kappa shape index (κ3) is 6.08. The van der Waals surface area contributed by atoms with E-state index in [-0.39, 0.29) is 11.3 Å². The zero-order valence-corrected chi connectivity index (χ0v) is 14.9. The second kappa shape index (κ2) is 8.98. The Bertz CT molecular complexity index is 855. The fraction of sp³-hybridized carbons (Fsp3) is 0.222. The van der Waals surface area contributed by atoms with E-state index in [4.69, 9.17) is 9.47 Å². The maximum atomic E-state index is 12.2. The highest BCUT2D eigenvalue weighted by molar-refractivity contribution is 5.99. The second-order valence-electron chi connectivity index (χ2n) is 5.38. The van der Waals surface area contributed by atoms with E-state index >= 15 is 0 Å². The van der Waals surface area contributed by atoms with Crippen molar-refractivity contribution >= 4 is 17.5 Å². The second-order valence-corrected chi connectivity index (χ2v) is 5.38. The monoisotopic (exact) mass is 398 g/mol. The first-order valence-corrected chi connectivity index (χ1v) is 7.87. The van der Waals surface area contributed by atoms with Crippen molar-refractivity contribution in [3.8, 4) is 17.2 Å². The van der Waals surface area contributed by atoms with Crippen LogP contribution in [0.25, 0.3) is 0 Å². The maximum Gasteiger partial charge on any atom is 0.573 e. The standard InChI is InChI=1S/C18H17F3N2O5/c1-26-14-7-6-11(8-15(14)27-2)17(25)22-10-16(24)23-12-4-3-5-13(9-12)28-18(19,20)21/h3-9H,10H2,1-2H3,(H,22,25)(H,23,24). The molecule has 2 N–H and O–H groups in total. The Morgan fingerprint density at radius 2 is 1.71 bits per heavy atom. The van der Waals surface area contributed by atoms with E-state index in [1.165, 1.54) is 38.5 Å². The summed E-state index contributed by atoms with van der Waals surface area (Å²) in [6.07, 6.45) is -4.84. The van der Waals surface area contributed by atoms with Gasteiger partial charge in [0.25, 0.3) is 5.91 Å². The van der Waals surface area contributed by atoms with Crippen LogP contribution in [0, 0.1) is 0 Å². The minimum atomic E-state index is -4.84. The van der Waals surface area contributed by atoms with E-state index in [0.29, 0.717) is 11.5 Å². The van der Waals surface area contributed by atoms with Gasteiger partial charge in [-0.1, -0.05) is 6.07 Å². The van der Waals surface area contributed by atoms with Gasteiger partial charge in [-0.25, -0.2) is 0 Å². The number of carbonyl (C=O) groups is 2. The molecule has 0 saturated carbocycles. The smallest absolute Gasteiger partial charge is 0.493 e. The third-order valence-electron chi connectivity index (χ3n) is 3.41. The summed E-state index contributed by atoms with van der Waals surface area (Å²) in [5.74, 6) is -0.846. The Balaban J connectivity index is 1.94. The van der Waals surface area contributed by atoms with Crippen molar-refractivity contribution in [2.24, 2.45) is 0 Å². The number of nitrogens with one attached hydrogen (secondary N) is 2. The zero-order valence-electron chi connectivity index (χ0n) is 14.9. The molecule has 0 heterocycles. The molecule has 0 spiro atoms. The summed E-state index contributed by atoms with van der Waals surface area (Å²) in [6, 6.07) is 9.27. The molecule has 2 amide bonds. The average molecular weight is 398 g/mol. The first-order valence-electron chi connectivity index (χ1n) is 7.87. The number of halogens is 3. The molecule has 2 aromatic rings. The molecule has 0 aliphatic heterocycles. The van der Waals surface area contributed by atoms with Gasteiger partial charge < -0.3 is 24.8 Å². The summed E-state index contributed by atoms with van der Waals surface area (Å²) >= 11 is 0. The number of anilines is 1. The number of rotatable bonds is 7. The zero-order chi connectivity index (χ0) is 20.7. The van der Waals surface area contributed by atoms with Gasteiger partial charge in [0.05, 0.1) is 20.8 Å². The van der Waals surface area contributed by atoms with Crippen molar-refractivity contribution in [3.05, 3.63) is 48.0 Å². The molecule has 0 unspecified atom stereocenters. The lowest BCUT2D eigenvalue weighted by molar-refractivity contribution is -0.274. The highest BCUT2D eigenvalue weighted by atomic mass is 19.4. The van der Waals surface area contributed by atoms with Gasteiger partial charge in [-0.3, -0.25) is 9.59 Å². The predicted molar refractivity (Wildman–Crippen MR) is 93.6 cm³/mol. The van der Waals surface area contributed by atoms with E-state index in [2.05, 4.69) is 15.4 Å². The van der Waals surface area contributed by atoms with Crippen molar-refractivity contribution in [1.82, 2.24) is 5.32 Å². The number of alkyl halides is 3. The summed E-state index contributed by atoms with van der Waals surface area (Å²) in [4.78, 5) is 24.1. The molecule has 0 bridgehead atoms. The SMILES string of the molecule is COc1ccc(C(=O)NCC(=O)Nc2cccc(OC(F)(F)F)c2)cc1OC. The van der Waals surface area contributed by atoms with Crippen molar-refractivity contribution < 1.29 is 37.0 Å². The fourth-order valence-electron chi connectivity index (χ4n) is 2.22. The first kappa shape index (κ1) is 20.9. The molecule has 7 nitrogen and oxygen atoms in total. The molecule has 28 heavy (non-hydrogen) atoms. The number of ether oxygens (including phenoxy) is 3. The lowest BCUT2D eigenvalue weighted by Crippen LogP contribution is -2.32. The molecule has 0 aromatic heterocycles. The van der Waals surface area contributed by atoms with Crippen LogP contribution in [-0.4, -0.2) is 38.9 Å². The van der Waals surface area contributed by atoms with Crippen LogP contribution in [0.2, 0.25) is 0 Å². The summed E-state index contributed by atoms with van der Waals surface area (Å²) in [7, 11) is 2.88. The predicted octanol–water partition coefficient (Wildman–Crippen LogP) is 2.97. The number of methoxy groups -OCH3 is 2. The number of carbonyl (C=O) groups excluding carboxylic acids is 2. The van der Waals surface area contributed by atoms with Gasteiger partial charge in [0, 0.05) is 17.3 Å². The molecule has 0 atom stereocenters. The minimum absolute atomic E-state index is 0.0899. The summed E-state index contributed by atoms with van der Waals surface area (Å²) in [6.45, 7) is -0.391. The van der Waals surface area contributed by atoms with Crippen LogP contribution in [0.5, 0.6) is 17.2 Å². The minimum Gasteiger partial charge on any atom is -0.493 e. The normalized spacial score (nSPS) is 10.8. The van der Waals surface area contributed by atoms with E-state index < -0.39 is 30.5 Å². The van der Waals surface area contributed by atoms with Crippen molar-refractivity contribution in [3.63, 3.8) is 0 Å². The van der Waals surface area contributed by atoms with Gasteiger partial charge >= 0.3 is 6.36 Å². The number of hydrogen-bond donors (Lipinski definition) is 2. The number of amides is 2. The Labute approximate surface area is 158 Å². The highest BCUT2D eigenvalue weighted by Crippen LogP contribution is 2.27. The lowest BCUT2D eigenvalue weighted by atomic mass is 10.2. The van der Waals surface area contributed by atoms with Gasteiger partial charge in [-0.05, 0) is 30.3 Å². The van der Waals surface area contributed by atoms with Crippen LogP contribution in [0.1, 0.15) is 10.4 Å². The van der Waals surface area contributed by atoms with Crippen LogP contribution in [0.15, 0.2) is 42.5 Å². The van der Waals surface area contributed by atoms with Crippen LogP contribution in [-0.2, 0) is 4.79 Å². The fourth-order valence-corrected chi connectivity index (χ4v) is 2.22. The van der Waals surface area contributed by atoms with Crippen molar-refractivity contribution in [2.45, 2.75) is 6.36 Å². The molecule has 150 valence electrons. The molecule has 2 aromatic carbocycles. The van der Waals surface area contributed by atoms with E-state index in [1.54, 1.807) is 6.07 Å². The molecule has 2 rings (SSSR count). The van der Waals surface area contributed by atoms with Crippen molar-refractivity contribution in [2.75, 3.05) is 26.1 Å². The van der Waals surface area contributed by atoms with Gasteiger partial charge in [-0.2, -0.15) is 0 Å². The highest BCUT2D eigenvalue weighted by Gasteiger charge is 2.31. The third-order valence-corrected chi connectivity index (χ3v) is 3.41. The number of benzene rings is 2. The van der Waals surface area contributed by atoms with Crippen LogP contribution < -0.4 is 24.8 Å². The van der Waals surface area contributed by atoms with E-state index in [1.807, 2.05) is 0 Å². The Kier molecular flexibility index (Phi) is 6.69. The quantitative estimate of drug-likeness (QED) is 0.749. The van der Waals surface area contributed by atoms with E-state index in [0.717, 1.165) is 12.1 Å². The molecule has 0 fully saturated rings. The first-order chi connectivity index (χ1) is 13.2. The number of hydrogen-bond acceptors (Lipinski definition) is 5. The van der Waals surface area contributed by atoms with Gasteiger partial charge in [0.1, 0.15) is 5.75 Å². The van der Waals surface area contributed by atoms with E-state index in [9.17, 15) is 22.8 Å². The van der Waals surface area contributed by atoms with Crippen LogP contribution >= 0.6 is 0 Å². The lowest BCUT2D eigenvalue weighted by Gasteiger charge is -2.11. The molecule has 10 heteroatoms. The molecular formula is C18H17F3N2O5. The summed E-state index contributed by atoms with van der Waals surface area (Å²) < 4.78 is 50.7. The van der Waals surface area contributed by atoms with Crippen LogP contribution in [0.3, 0.4) is 0 Å². The molecular weight excluding hydrogens is 381 g/mol. The van der Waals surface area contributed by atoms with Crippen molar-refractivity contribution in [1.29, 1.82) is 0 Å². The maximum absolute atomic E-state index is 12.2. The summed E-state index contributed by atoms with van der Waals surface area (Å²) in [5.41, 5.74) is 0.332. The van der Waals surface area contributed by atoms with Crippen LogP contribution in [0.4, 0.5) is 18.9 Å². The average Bonchev–Trinajstić information content (AvgIpc) is 2.64. The molecule has 0 radical (unpaired) electrons. The Hall–Kier alpha value is -3.43. The Morgan fingerprint density at radius 3 is 2.36 bits per heavy atom. The van der Waals surface area contributed by atoms with Gasteiger partial charge in [0.2, 0.25) is 5.91 Å².